The number of pyridine rings is 1. The molecule has 19 heavy (non-hydrogen) atoms. The number of aromatic nitrogens is 1. The standard InChI is InChI=1S/C12H8BrF3N2S/c13-9-4-2-6-18-10(9)7-8(3-1-5-17)11(18)19-12(14,15)16/h2,4,6-7H,5,17H2. The molecule has 0 bridgehead atoms. The van der Waals surface area contributed by atoms with Crippen LogP contribution in [0.5, 0.6) is 0 Å². The van der Waals surface area contributed by atoms with Crippen LogP contribution in [0.1, 0.15) is 5.56 Å². The summed E-state index contributed by atoms with van der Waals surface area (Å²) in [5, 5.41) is 0.0461. The minimum Gasteiger partial charge on any atom is -0.320 e. The van der Waals surface area contributed by atoms with Gasteiger partial charge in [0.05, 0.1) is 17.6 Å². The van der Waals surface area contributed by atoms with E-state index < -0.39 is 5.51 Å². The van der Waals surface area contributed by atoms with E-state index in [1.807, 2.05) is 0 Å². The summed E-state index contributed by atoms with van der Waals surface area (Å²) in [6.07, 6.45) is 1.57. The summed E-state index contributed by atoms with van der Waals surface area (Å²) in [5.41, 5.74) is 1.85. The zero-order valence-corrected chi connectivity index (χ0v) is 11.9. The van der Waals surface area contributed by atoms with Crippen molar-refractivity contribution in [3.63, 3.8) is 0 Å². The minimum absolute atomic E-state index is 0.0461. The summed E-state index contributed by atoms with van der Waals surface area (Å²) >= 11 is 3.13. The second-order valence-electron chi connectivity index (χ2n) is 3.53. The highest BCUT2D eigenvalue weighted by Gasteiger charge is 2.32. The Balaban J connectivity index is 2.65. The van der Waals surface area contributed by atoms with E-state index in [1.54, 1.807) is 24.4 Å². The van der Waals surface area contributed by atoms with Crippen LogP contribution in [0.2, 0.25) is 0 Å². The summed E-state index contributed by atoms with van der Waals surface area (Å²) in [7, 11) is 0. The van der Waals surface area contributed by atoms with Gasteiger partial charge in [-0.3, -0.25) is 0 Å². The number of rotatable bonds is 1. The predicted octanol–water partition coefficient (Wildman–Crippen LogP) is 3.62. The first-order chi connectivity index (χ1) is 8.92. The van der Waals surface area contributed by atoms with Gasteiger partial charge in [0.2, 0.25) is 0 Å². The minimum atomic E-state index is -4.37. The van der Waals surface area contributed by atoms with Crippen molar-refractivity contribution in [1.29, 1.82) is 0 Å². The van der Waals surface area contributed by atoms with Crippen LogP contribution in [-0.4, -0.2) is 16.5 Å². The zero-order valence-electron chi connectivity index (χ0n) is 9.46. The lowest BCUT2D eigenvalue weighted by atomic mass is 10.3. The molecule has 0 spiro atoms. The molecule has 2 N–H and O–H groups in total. The molecule has 2 aromatic rings. The molecule has 0 aromatic carbocycles. The van der Waals surface area contributed by atoms with Crippen molar-refractivity contribution in [2.75, 3.05) is 6.54 Å². The van der Waals surface area contributed by atoms with Gasteiger partial charge in [-0.15, -0.1) is 0 Å². The Bertz CT molecular complexity index is 667. The first-order valence-electron chi connectivity index (χ1n) is 5.16. The molecule has 0 saturated carbocycles. The molecule has 2 rings (SSSR count). The summed E-state index contributed by atoms with van der Waals surface area (Å²) < 4.78 is 40.0. The Labute approximate surface area is 120 Å². The van der Waals surface area contributed by atoms with Crippen LogP contribution in [0.25, 0.3) is 5.52 Å². The van der Waals surface area contributed by atoms with Gasteiger partial charge in [-0.1, -0.05) is 11.8 Å². The number of fused-ring (bicyclic) bond motifs is 1. The number of hydrogen-bond acceptors (Lipinski definition) is 2. The van der Waals surface area contributed by atoms with E-state index >= 15 is 0 Å². The highest BCUT2D eigenvalue weighted by molar-refractivity contribution is 9.10. The van der Waals surface area contributed by atoms with Crippen LogP contribution < -0.4 is 5.73 Å². The third-order valence-corrected chi connectivity index (χ3v) is 3.76. The van der Waals surface area contributed by atoms with Crippen molar-refractivity contribution in [3.8, 4) is 11.8 Å². The number of hydrogen-bond donors (Lipinski definition) is 1. The van der Waals surface area contributed by atoms with Crippen molar-refractivity contribution < 1.29 is 13.2 Å². The van der Waals surface area contributed by atoms with Gasteiger partial charge in [0.15, 0.2) is 0 Å². The smallest absolute Gasteiger partial charge is 0.320 e. The van der Waals surface area contributed by atoms with E-state index in [9.17, 15) is 13.2 Å². The van der Waals surface area contributed by atoms with Crippen LogP contribution in [0.4, 0.5) is 13.2 Å². The van der Waals surface area contributed by atoms with Gasteiger partial charge in [-0.2, -0.15) is 13.2 Å². The lowest BCUT2D eigenvalue weighted by molar-refractivity contribution is -0.0329. The number of thioether (sulfide) groups is 1. The highest BCUT2D eigenvalue weighted by atomic mass is 79.9. The second kappa shape index (κ2) is 5.49. The van der Waals surface area contributed by atoms with Gasteiger partial charge in [-0.05, 0) is 34.1 Å². The normalized spacial score (nSPS) is 11.4. The average molecular weight is 349 g/mol. The maximum absolute atomic E-state index is 12.6. The molecule has 0 aliphatic rings. The first-order valence-corrected chi connectivity index (χ1v) is 6.77. The Morgan fingerprint density at radius 3 is 2.79 bits per heavy atom. The van der Waals surface area contributed by atoms with Crippen LogP contribution >= 0.6 is 27.7 Å². The monoisotopic (exact) mass is 348 g/mol. The van der Waals surface area contributed by atoms with E-state index in [1.165, 1.54) is 4.40 Å². The average Bonchev–Trinajstić information content (AvgIpc) is 2.65. The molecule has 0 aliphatic carbocycles. The second-order valence-corrected chi connectivity index (χ2v) is 5.44. The lowest BCUT2D eigenvalue weighted by Gasteiger charge is -2.07. The number of alkyl halides is 3. The van der Waals surface area contributed by atoms with Gasteiger partial charge in [0.25, 0.3) is 0 Å². The van der Waals surface area contributed by atoms with Crippen molar-refractivity contribution in [1.82, 2.24) is 4.40 Å². The zero-order chi connectivity index (χ0) is 14.0. The van der Waals surface area contributed by atoms with Crippen molar-refractivity contribution in [2.24, 2.45) is 5.73 Å². The fourth-order valence-electron chi connectivity index (χ4n) is 1.59. The summed E-state index contributed by atoms with van der Waals surface area (Å²) in [4.78, 5) is 0. The maximum Gasteiger partial charge on any atom is 0.447 e. The molecule has 2 heterocycles. The third kappa shape index (κ3) is 3.26. The van der Waals surface area contributed by atoms with Gasteiger partial charge in [0, 0.05) is 22.4 Å². The Hall–Kier alpha value is -1.10. The highest BCUT2D eigenvalue weighted by Crippen LogP contribution is 2.40. The SMILES string of the molecule is NCC#Cc1cc2c(Br)cccn2c1SC(F)(F)F. The van der Waals surface area contributed by atoms with Gasteiger partial charge >= 0.3 is 5.51 Å². The molecule has 0 saturated heterocycles. The third-order valence-electron chi connectivity index (χ3n) is 2.25. The molecule has 0 fully saturated rings. The van der Waals surface area contributed by atoms with Gasteiger partial charge in [0.1, 0.15) is 5.03 Å². The fourth-order valence-corrected chi connectivity index (χ4v) is 2.74. The molecule has 2 nitrogen and oxygen atoms in total. The molecule has 0 atom stereocenters. The summed E-state index contributed by atoms with van der Waals surface area (Å²) in [6.45, 7) is 0.101. The summed E-state index contributed by atoms with van der Waals surface area (Å²) in [6, 6.07) is 5.04. The van der Waals surface area contributed by atoms with E-state index in [2.05, 4.69) is 27.8 Å². The van der Waals surface area contributed by atoms with E-state index in [4.69, 9.17) is 5.73 Å². The molecule has 2 aromatic heterocycles. The summed E-state index contributed by atoms with van der Waals surface area (Å²) in [5.74, 6) is 5.25. The Morgan fingerprint density at radius 2 is 2.16 bits per heavy atom. The van der Waals surface area contributed by atoms with Crippen LogP contribution in [-0.2, 0) is 0 Å². The van der Waals surface area contributed by atoms with Crippen molar-refractivity contribution in [2.45, 2.75) is 10.5 Å². The Kier molecular flexibility index (Phi) is 4.13. The van der Waals surface area contributed by atoms with Gasteiger partial charge in [-0.25, -0.2) is 0 Å². The van der Waals surface area contributed by atoms with Crippen LogP contribution in [0.3, 0.4) is 0 Å². The van der Waals surface area contributed by atoms with E-state index in [0.717, 1.165) is 0 Å². The number of halogens is 4. The molecule has 7 heteroatoms. The Morgan fingerprint density at radius 1 is 1.42 bits per heavy atom. The first kappa shape index (κ1) is 14.3. The maximum atomic E-state index is 12.6. The predicted molar refractivity (Wildman–Crippen MR) is 72.9 cm³/mol. The van der Waals surface area contributed by atoms with Gasteiger partial charge < -0.3 is 10.1 Å². The topological polar surface area (TPSA) is 30.4 Å². The van der Waals surface area contributed by atoms with Crippen molar-refractivity contribution in [3.05, 3.63) is 34.4 Å². The van der Waals surface area contributed by atoms with E-state index in [0.29, 0.717) is 15.6 Å². The van der Waals surface area contributed by atoms with Crippen molar-refractivity contribution >= 4 is 33.2 Å². The van der Waals surface area contributed by atoms with E-state index in [-0.39, 0.29) is 23.3 Å². The van der Waals surface area contributed by atoms with Crippen LogP contribution in [0.15, 0.2) is 33.9 Å². The number of nitrogens with zero attached hydrogens (tertiary/aromatic N) is 1. The largest absolute Gasteiger partial charge is 0.447 e. The lowest BCUT2D eigenvalue weighted by Crippen LogP contribution is -2.02. The quantitative estimate of drug-likeness (QED) is 0.630. The fraction of sp³-hybridized carbons (Fsp3) is 0.167. The molecule has 0 amide bonds. The molecule has 0 radical (unpaired) electrons. The van der Waals surface area contributed by atoms with Crippen LogP contribution in [0, 0.1) is 11.8 Å². The molecule has 0 aliphatic heterocycles. The molecular weight excluding hydrogens is 341 g/mol. The molecular formula is C12H8BrF3N2S. The molecule has 0 unspecified atom stereocenters. The molecule has 100 valence electrons. The number of nitrogens with two attached hydrogens (primary N) is 1.